The monoisotopic (exact) mass is 442 g/mol. The van der Waals surface area contributed by atoms with Gasteiger partial charge in [-0.3, -0.25) is 0 Å². The summed E-state index contributed by atoms with van der Waals surface area (Å²) in [5, 5.41) is 29.1. The first-order valence-electron chi connectivity index (χ1n) is 13.0. The Morgan fingerprint density at radius 1 is 0.806 bits per heavy atom. The molecule has 1 aliphatic heterocycles. The van der Waals surface area contributed by atoms with Crippen molar-refractivity contribution >= 4 is 0 Å². The van der Waals surface area contributed by atoms with Crippen LogP contribution >= 0.6 is 0 Å². The van der Waals surface area contributed by atoms with Crippen LogP contribution in [0.3, 0.4) is 0 Å². The van der Waals surface area contributed by atoms with E-state index in [1.165, 1.54) is 77.0 Å². The molecule has 184 valence electrons. The van der Waals surface area contributed by atoms with Crippen LogP contribution in [0.15, 0.2) is 12.2 Å². The summed E-state index contributed by atoms with van der Waals surface area (Å²) in [7, 11) is 0. The van der Waals surface area contributed by atoms with Crippen LogP contribution in [0.25, 0.3) is 0 Å². The molecule has 0 aromatic rings. The van der Waals surface area contributed by atoms with Crippen LogP contribution in [-0.4, -0.2) is 59.6 Å². The molecular weight excluding hydrogens is 392 g/mol. The summed E-state index contributed by atoms with van der Waals surface area (Å²) in [6, 6.07) is 0. The third-order valence-corrected chi connectivity index (χ3v) is 6.16. The Kier molecular flexibility index (Phi) is 18.6. The van der Waals surface area contributed by atoms with Crippen LogP contribution < -0.4 is 0 Å². The largest absolute Gasteiger partial charge is 0.388 e. The Bertz CT molecular complexity index is 415. The predicted molar refractivity (Wildman–Crippen MR) is 127 cm³/mol. The average molecular weight is 443 g/mol. The lowest BCUT2D eigenvalue weighted by molar-refractivity contribution is -0.0813. The molecule has 1 fully saturated rings. The van der Waals surface area contributed by atoms with Gasteiger partial charge in [-0.2, -0.15) is 0 Å². The molecule has 3 N–H and O–H groups in total. The van der Waals surface area contributed by atoms with Crippen molar-refractivity contribution in [3.05, 3.63) is 12.2 Å². The minimum absolute atomic E-state index is 0.0651. The van der Waals surface area contributed by atoms with E-state index in [1.54, 1.807) is 0 Å². The van der Waals surface area contributed by atoms with Gasteiger partial charge in [-0.15, -0.1) is 0 Å². The quantitative estimate of drug-likeness (QED) is 0.166. The molecule has 5 heteroatoms. The summed E-state index contributed by atoms with van der Waals surface area (Å²) >= 11 is 0. The highest BCUT2D eigenvalue weighted by molar-refractivity contribution is 4.87. The second-order valence-corrected chi connectivity index (χ2v) is 9.14. The minimum Gasteiger partial charge on any atom is -0.388 e. The van der Waals surface area contributed by atoms with E-state index < -0.39 is 24.4 Å². The SMILES string of the molecule is CCCCCCCCCCCCC/C=C/CCCCCOC[C@H](O)[C@H]1OC[C@@H](O)[C@H]1O. The van der Waals surface area contributed by atoms with Gasteiger partial charge in [-0.05, 0) is 32.1 Å². The molecule has 0 aromatic heterocycles. The van der Waals surface area contributed by atoms with Crippen molar-refractivity contribution < 1.29 is 24.8 Å². The van der Waals surface area contributed by atoms with Crippen LogP contribution in [0.1, 0.15) is 110 Å². The fraction of sp³-hybridized carbons (Fsp3) is 0.923. The number of unbranched alkanes of at least 4 members (excludes halogenated alkanes) is 14. The molecule has 1 aliphatic rings. The Labute approximate surface area is 191 Å². The summed E-state index contributed by atoms with van der Waals surface area (Å²) in [6.45, 7) is 3.07. The lowest BCUT2D eigenvalue weighted by Crippen LogP contribution is -2.40. The zero-order valence-electron chi connectivity index (χ0n) is 20.1. The van der Waals surface area contributed by atoms with Gasteiger partial charge in [0.15, 0.2) is 0 Å². The van der Waals surface area contributed by atoms with Gasteiger partial charge in [0, 0.05) is 6.61 Å². The van der Waals surface area contributed by atoms with Crippen molar-refractivity contribution in [3.8, 4) is 0 Å². The molecule has 0 saturated carbocycles. The number of aliphatic hydroxyl groups excluding tert-OH is 3. The highest BCUT2D eigenvalue weighted by Crippen LogP contribution is 2.18. The topological polar surface area (TPSA) is 79.2 Å². The molecule has 0 aromatic carbocycles. The molecule has 0 spiro atoms. The molecule has 0 radical (unpaired) electrons. The molecular formula is C26H50O5. The molecule has 1 heterocycles. The second-order valence-electron chi connectivity index (χ2n) is 9.14. The predicted octanol–water partition coefficient (Wildman–Crippen LogP) is 5.30. The molecule has 0 amide bonds. The van der Waals surface area contributed by atoms with Crippen LogP contribution in [0.4, 0.5) is 0 Å². The van der Waals surface area contributed by atoms with Gasteiger partial charge < -0.3 is 24.8 Å². The van der Waals surface area contributed by atoms with E-state index in [0.29, 0.717) is 6.61 Å². The van der Waals surface area contributed by atoms with E-state index in [4.69, 9.17) is 9.47 Å². The van der Waals surface area contributed by atoms with Crippen molar-refractivity contribution in [2.45, 2.75) is 134 Å². The number of ether oxygens (including phenoxy) is 2. The molecule has 0 unspecified atom stereocenters. The maximum Gasteiger partial charge on any atom is 0.114 e. The number of aliphatic hydroxyl groups is 3. The van der Waals surface area contributed by atoms with Gasteiger partial charge >= 0.3 is 0 Å². The van der Waals surface area contributed by atoms with E-state index >= 15 is 0 Å². The lowest BCUT2D eigenvalue weighted by atomic mass is 10.1. The number of allylic oxidation sites excluding steroid dienone is 2. The molecule has 5 nitrogen and oxygen atoms in total. The Balaban J connectivity index is 1.77. The molecule has 1 saturated heterocycles. The van der Waals surface area contributed by atoms with Crippen molar-refractivity contribution in [2.24, 2.45) is 0 Å². The van der Waals surface area contributed by atoms with E-state index in [0.717, 1.165) is 25.7 Å². The molecule has 0 aliphatic carbocycles. The average Bonchev–Trinajstić information content (AvgIpc) is 3.10. The fourth-order valence-electron chi connectivity index (χ4n) is 4.07. The van der Waals surface area contributed by atoms with Crippen LogP contribution in [0.5, 0.6) is 0 Å². The smallest absolute Gasteiger partial charge is 0.114 e. The third kappa shape index (κ3) is 15.1. The van der Waals surface area contributed by atoms with Crippen molar-refractivity contribution in [3.63, 3.8) is 0 Å². The van der Waals surface area contributed by atoms with Crippen molar-refractivity contribution in [1.29, 1.82) is 0 Å². The summed E-state index contributed by atoms with van der Waals surface area (Å²) in [4.78, 5) is 0. The van der Waals surface area contributed by atoms with Gasteiger partial charge in [-0.25, -0.2) is 0 Å². The summed E-state index contributed by atoms with van der Waals surface area (Å²) in [6.07, 6.45) is 22.0. The minimum atomic E-state index is -1.03. The second kappa shape index (κ2) is 20.2. The van der Waals surface area contributed by atoms with Gasteiger partial charge in [0.05, 0.1) is 13.2 Å². The standard InChI is InChI=1S/C26H50O5/c1-2-3-4-5-6-7-8-9-10-11-12-13-14-15-16-17-18-19-20-30-21-24(28)26-25(29)23(27)22-31-26/h14-15,23-29H,2-13,16-22H2,1H3/b15-14+/t23-,24+,25-,26-/m1/s1. The van der Waals surface area contributed by atoms with Gasteiger partial charge in [0.25, 0.3) is 0 Å². The summed E-state index contributed by atoms with van der Waals surface area (Å²) < 4.78 is 10.7. The molecule has 1 rings (SSSR count). The third-order valence-electron chi connectivity index (χ3n) is 6.16. The van der Waals surface area contributed by atoms with Crippen LogP contribution in [0, 0.1) is 0 Å². The fourth-order valence-corrected chi connectivity index (χ4v) is 4.07. The first-order chi connectivity index (χ1) is 15.2. The van der Waals surface area contributed by atoms with Crippen LogP contribution in [-0.2, 0) is 9.47 Å². The molecule has 4 atom stereocenters. The van der Waals surface area contributed by atoms with Gasteiger partial charge in [0.2, 0.25) is 0 Å². The normalized spacial score (nSPS) is 22.5. The van der Waals surface area contributed by atoms with E-state index in [2.05, 4.69) is 19.1 Å². The zero-order valence-corrected chi connectivity index (χ0v) is 20.1. The van der Waals surface area contributed by atoms with Crippen molar-refractivity contribution in [2.75, 3.05) is 19.8 Å². The first-order valence-corrected chi connectivity index (χ1v) is 13.0. The number of hydrogen-bond donors (Lipinski definition) is 3. The number of hydrogen-bond acceptors (Lipinski definition) is 5. The summed E-state index contributed by atoms with van der Waals surface area (Å²) in [5.74, 6) is 0. The van der Waals surface area contributed by atoms with Crippen molar-refractivity contribution in [1.82, 2.24) is 0 Å². The number of rotatable bonds is 21. The van der Waals surface area contributed by atoms with E-state index in [9.17, 15) is 15.3 Å². The Hall–Kier alpha value is -0.460. The van der Waals surface area contributed by atoms with Crippen LogP contribution in [0.2, 0.25) is 0 Å². The summed E-state index contributed by atoms with van der Waals surface area (Å²) in [5.41, 5.74) is 0. The van der Waals surface area contributed by atoms with Gasteiger partial charge in [-0.1, -0.05) is 89.7 Å². The maximum atomic E-state index is 9.96. The maximum absolute atomic E-state index is 9.96. The Morgan fingerprint density at radius 2 is 1.32 bits per heavy atom. The molecule has 31 heavy (non-hydrogen) atoms. The highest BCUT2D eigenvalue weighted by atomic mass is 16.5. The lowest BCUT2D eigenvalue weighted by Gasteiger charge is -2.20. The highest BCUT2D eigenvalue weighted by Gasteiger charge is 2.39. The zero-order chi connectivity index (χ0) is 22.6. The van der Waals surface area contributed by atoms with E-state index in [-0.39, 0.29) is 13.2 Å². The van der Waals surface area contributed by atoms with Gasteiger partial charge in [0.1, 0.15) is 24.4 Å². The Morgan fingerprint density at radius 3 is 1.84 bits per heavy atom. The molecule has 0 bridgehead atoms. The van der Waals surface area contributed by atoms with E-state index in [1.807, 2.05) is 0 Å². The first kappa shape index (κ1) is 28.6.